The van der Waals surface area contributed by atoms with Gasteiger partial charge in [-0.15, -0.1) is 0 Å². The van der Waals surface area contributed by atoms with Crippen molar-refractivity contribution < 1.29 is 116 Å². The molecule has 29 nitrogen and oxygen atoms in total. The monoisotopic (exact) mass is 1050 g/mol. The largest absolute Gasteiger partial charge is 3.00 e. The van der Waals surface area contributed by atoms with E-state index in [1.807, 2.05) is 0 Å². The fourth-order valence-corrected chi connectivity index (χ4v) is 6.18. The van der Waals surface area contributed by atoms with Crippen LogP contribution >= 0.6 is 0 Å². The van der Waals surface area contributed by atoms with Gasteiger partial charge in [-0.1, -0.05) is 16.7 Å². The van der Waals surface area contributed by atoms with Gasteiger partial charge < -0.3 is 71.8 Å². The van der Waals surface area contributed by atoms with Crippen LogP contribution < -0.4 is 47.2 Å². The van der Waals surface area contributed by atoms with E-state index in [0.29, 0.717) is 0 Å². The molecule has 395 valence electrons. The number of aliphatic carboxylic acids is 3. The third kappa shape index (κ3) is 25.6. The molecule has 0 bridgehead atoms. The van der Waals surface area contributed by atoms with Gasteiger partial charge in [0.15, 0.2) is 0 Å². The van der Waals surface area contributed by atoms with Crippen molar-refractivity contribution in [3.63, 3.8) is 0 Å². The van der Waals surface area contributed by atoms with E-state index in [9.17, 15) is 98.7 Å². The topological polar surface area (TPSA) is 457 Å². The van der Waals surface area contributed by atoms with Gasteiger partial charge in [-0.25, -0.2) is 15.2 Å². The van der Waals surface area contributed by atoms with Crippen molar-refractivity contribution >= 4 is 71.1 Å². The minimum atomic E-state index is -1.87. The molecular weight excluding hydrogens is 994 g/mol. The molecule has 0 aromatic carbocycles. The molecule has 1 saturated heterocycles. The van der Waals surface area contributed by atoms with Crippen molar-refractivity contribution in [3.05, 3.63) is 34.9 Å². The molecule has 1 aliphatic rings. The summed E-state index contributed by atoms with van der Waals surface area (Å²) in [5.41, 5.74) is 0.0114. The molecule has 5 unspecified atom stereocenters. The number of carboxylic acid groups (broad SMARTS) is 3. The van der Waals surface area contributed by atoms with Crippen LogP contribution in [0, 0.1) is 0 Å². The molecule has 1 heterocycles. The Morgan fingerprint density at radius 1 is 0.493 bits per heavy atom. The van der Waals surface area contributed by atoms with Gasteiger partial charge in [0, 0.05) is 75.0 Å². The summed E-state index contributed by atoms with van der Waals surface area (Å²) in [4.78, 5) is 151. The molecule has 0 aromatic rings. The number of carbonyl (C=O) groups is 12. The molecule has 11 N–H and O–H groups in total. The predicted octanol–water partition coefficient (Wildman–Crippen LogP) is -8.22. The van der Waals surface area contributed by atoms with Crippen LogP contribution in [-0.2, 0) is 74.6 Å². The summed E-state index contributed by atoms with van der Waals surface area (Å²) in [7, 11) is 0. The first kappa shape index (κ1) is 64.2. The number of carbonyl (C=O) groups excluding carboxylic acids is 12. The Bertz CT molecular complexity index is 2050. The fourth-order valence-electron chi connectivity index (χ4n) is 6.18. The number of hydrogen-bond acceptors (Lipinski definition) is 20. The van der Waals surface area contributed by atoms with Crippen LogP contribution in [0.15, 0.2) is 34.9 Å². The second-order valence-corrected chi connectivity index (χ2v) is 15.9. The van der Waals surface area contributed by atoms with Crippen molar-refractivity contribution in [2.24, 2.45) is 0 Å². The number of nitrogens with one attached hydrogen (secondary N) is 6. The van der Waals surface area contributed by atoms with Gasteiger partial charge in [-0.05, 0) is 59.3 Å². The Hall–Kier alpha value is -6.82. The molecule has 1 fully saturated rings. The minimum Gasteiger partial charge on any atom is -0.550 e. The van der Waals surface area contributed by atoms with Crippen molar-refractivity contribution in [1.29, 1.82) is 0 Å². The Morgan fingerprint density at radius 2 is 0.761 bits per heavy atom. The first-order valence-corrected chi connectivity index (χ1v) is 21.4. The SMILES string of the molecule is C/C(=C/C(=O)N(O)CCCC1NC(=O)C(CCCN(O)C(=O)/C=C(\C)CC(=O)[O-])NC(=O)C(CCCN(O)C(=O)/C=C(/C)CC(=O)[O-])NC(=O)C(CO)NC(=O)C(CO)NC(=O)CNC1=O)CC(=O)[O-].[Fe+3]. The van der Waals surface area contributed by atoms with Crippen molar-refractivity contribution in [2.75, 3.05) is 39.4 Å². The van der Waals surface area contributed by atoms with E-state index in [1.54, 1.807) is 0 Å². The molecule has 1 aliphatic heterocycles. The standard InChI is InChI=1S/C41H61N9O20.Fe/c1-22(16-34(57)58)13-31(54)48(68)10-4-7-25-37(63)42-19-30(53)43-28(20-51)40(66)47-29(21-52)41(67)46-27(9-6-12-50(70)33(56)15-24(3)18-36(61)62)39(65)45-26(38(64)44-25)8-5-11-49(69)32(55)14-23(2)17-35(59)60;/h13-15,25-29,51-52,68-70H,4-12,16-21H2,1-3H3,(H,42,63)(H,43,53)(H,44,64)(H,45,65)(H,46,67)(H,47,66)(H,57,58)(H,59,60)(H,61,62);/q;+3/p-3/b22-13-,23-14+,24-15-;. The average molecular weight is 1050 g/mol. The molecule has 0 spiro atoms. The maximum atomic E-state index is 14.1. The van der Waals surface area contributed by atoms with Gasteiger partial charge in [0.2, 0.25) is 35.4 Å². The van der Waals surface area contributed by atoms with E-state index in [0.717, 1.165) is 18.2 Å². The van der Waals surface area contributed by atoms with Crippen LogP contribution in [-0.4, -0.2) is 182 Å². The summed E-state index contributed by atoms with van der Waals surface area (Å²) < 4.78 is 0. The van der Waals surface area contributed by atoms with Crippen LogP contribution in [0.4, 0.5) is 0 Å². The molecule has 0 saturated carbocycles. The summed E-state index contributed by atoms with van der Waals surface area (Å²) in [5.74, 6) is -14.8. The second kappa shape index (κ2) is 32.9. The van der Waals surface area contributed by atoms with E-state index in [-0.39, 0.29) is 68.2 Å². The average Bonchev–Trinajstić information content (AvgIpc) is 3.26. The third-order valence-electron chi connectivity index (χ3n) is 9.70. The van der Waals surface area contributed by atoms with E-state index in [2.05, 4.69) is 31.9 Å². The third-order valence-corrected chi connectivity index (χ3v) is 9.70. The van der Waals surface area contributed by atoms with Crippen molar-refractivity contribution in [1.82, 2.24) is 47.1 Å². The van der Waals surface area contributed by atoms with Crippen molar-refractivity contribution in [2.45, 2.75) is 109 Å². The molecule has 5 atom stereocenters. The fraction of sp³-hybridized carbons (Fsp3) is 0.561. The van der Waals surface area contributed by atoms with Crippen LogP contribution in [0.2, 0.25) is 0 Å². The summed E-state index contributed by atoms with van der Waals surface area (Å²) in [5, 5.41) is 97.4. The molecule has 1 rings (SSSR count). The number of aliphatic hydroxyl groups is 2. The zero-order chi connectivity index (χ0) is 53.2. The smallest absolute Gasteiger partial charge is 0.550 e. The minimum absolute atomic E-state index is 0. The molecule has 1 radical (unpaired) electrons. The van der Waals surface area contributed by atoms with Gasteiger partial charge in [0.1, 0.15) is 30.2 Å². The number of amides is 9. The summed E-state index contributed by atoms with van der Waals surface area (Å²) >= 11 is 0. The maximum Gasteiger partial charge on any atom is 3.00 e. The van der Waals surface area contributed by atoms with E-state index in [1.165, 1.54) is 20.8 Å². The van der Waals surface area contributed by atoms with Crippen LogP contribution in [0.3, 0.4) is 0 Å². The van der Waals surface area contributed by atoms with E-state index < -0.39 is 179 Å². The van der Waals surface area contributed by atoms with Crippen LogP contribution in [0.25, 0.3) is 0 Å². The Balaban J connectivity index is 0.0000490. The van der Waals surface area contributed by atoms with Gasteiger partial charge in [-0.3, -0.25) is 58.8 Å². The maximum absolute atomic E-state index is 14.1. The molecule has 0 aromatic heterocycles. The second-order valence-electron chi connectivity index (χ2n) is 15.9. The number of aliphatic hydroxyl groups excluding tert-OH is 2. The van der Waals surface area contributed by atoms with Crippen molar-refractivity contribution in [3.8, 4) is 0 Å². The molecule has 30 heteroatoms. The van der Waals surface area contributed by atoms with Gasteiger partial charge in [0.25, 0.3) is 17.7 Å². The van der Waals surface area contributed by atoms with Gasteiger partial charge in [0.05, 0.1) is 19.8 Å². The molecule has 9 amide bonds. The van der Waals surface area contributed by atoms with Gasteiger partial charge >= 0.3 is 17.1 Å². The number of hydrogen-bond donors (Lipinski definition) is 11. The predicted molar refractivity (Wildman–Crippen MR) is 225 cm³/mol. The van der Waals surface area contributed by atoms with Gasteiger partial charge in [-0.2, -0.15) is 0 Å². The first-order chi connectivity index (χ1) is 32.8. The number of rotatable bonds is 23. The molecular formula is C41H58FeN9O20. The first-order valence-electron chi connectivity index (χ1n) is 21.4. The zero-order valence-corrected chi connectivity index (χ0v) is 39.9. The molecule has 0 aliphatic carbocycles. The molecule has 71 heavy (non-hydrogen) atoms. The zero-order valence-electron chi connectivity index (χ0n) is 38.8. The van der Waals surface area contributed by atoms with Crippen LogP contribution in [0.5, 0.6) is 0 Å². The Labute approximate surface area is 416 Å². The Kier molecular flexibility index (Phi) is 29.7. The summed E-state index contributed by atoms with van der Waals surface area (Å²) in [6, 6.07) is -8.83. The number of carboxylic acids is 3. The summed E-state index contributed by atoms with van der Waals surface area (Å²) in [6.07, 6.45) is -1.88. The quantitative estimate of drug-likeness (QED) is 0.0196. The number of nitrogens with zero attached hydrogens (tertiary/aromatic N) is 3. The summed E-state index contributed by atoms with van der Waals surface area (Å²) in [6.45, 7) is -0.947. The van der Waals surface area contributed by atoms with E-state index in [4.69, 9.17) is 0 Å². The number of hydroxylamine groups is 6. The normalized spacial score (nSPS) is 19.9. The van der Waals surface area contributed by atoms with Crippen LogP contribution in [0.1, 0.15) is 78.6 Å². The Morgan fingerprint density at radius 3 is 1.06 bits per heavy atom. The van der Waals surface area contributed by atoms with E-state index >= 15 is 0 Å².